The van der Waals surface area contributed by atoms with E-state index in [4.69, 9.17) is 4.98 Å². The molecule has 0 N–H and O–H groups in total. The minimum atomic E-state index is 0.592. The molecule has 0 spiro atoms. The van der Waals surface area contributed by atoms with Crippen molar-refractivity contribution in [3.8, 4) is 28.6 Å². The van der Waals surface area contributed by atoms with Crippen LogP contribution in [0.4, 0.5) is 0 Å². The molecule has 0 aliphatic heterocycles. The van der Waals surface area contributed by atoms with Crippen molar-refractivity contribution in [3.63, 3.8) is 0 Å². The zero-order valence-corrected chi connectivity index (χ0v) is 19.5. The predicted molar refractivity (Wildman–Crippen MR) is 124 cm³/mol. The van der Waals surface area contributed by atoms with Crippen LogP contribution in [0.15, 0.2) is 29.7 Å². The van der Waals surface area contributed by atoms with Gasteiger partial charge in [-0.1, -0.05) is 32.0 Å². The molecule has 30 heavy (non-hydrogen) atoms. The molecule has 0 unspecified atom stereocenters. The van der Waals surface area contributed by atoms with E-state index >= 15 is 0 Å². The van der Waals surface area contributed by atoms with Gasteiger partial charge in [-0.25, -0.2) is 19.9 Å². The van der Waals surface area contributed by atoms with E-state index in [9.17, 15) is 5.26 Å². The maximum Gasteiger partial charge on any atom is 0.127 e. The van der Waals surface area contributed by atoms with Crippen molar-refractivity contribution in [1.29, 1.82) is 5.26 Å². The van der Waals surface area contributed by atoms with Gasteiger partial charge in [0, 0.05) is 42.1 Å². The highest BCUT2D eigenvalue weighted by atomic mass is 32.2. The van der Waals surface area contributed by atoms with E-state index in [-0.39, 0.29) is 0 Å². The third-order valence-electron chi connectivity index (χ3n) is 4.83. The van der Waals surface area contributed by atoms with Gasteiger partial charge in [0.2, 0.25) is 0 Å². The van der Waals surface area contributed by atoms with Crippen LogP contribution in [-0.4, -0.2) is 35.3 Å². The summed E-state index contributed by atoms with van der Waals surface area (Å²) in [4.78, 5) is 18.1. The first kappa shape index (κ1) is 22.3. The average Bonchev–Trinajstić information content (AvgIpc) is 3.11. The Hall–Kier alpha value is -2.37. The monoisotopic (exact) mass is 438 g/mol. The predicted octanol–water partition coefficient (Wildman–Crippen LogP) is 5.26. The van der Waals surface area contributed by atoms with E-state index in [1.807, 2.05) is 61.9 Å². The number of nitrogens with zero attached hydrogens (tertiary/aromatic N) is 6. The van der Waals surface area contributed by atoms with Crippen LogP contribution in [-0.2, 0) is 13.5 Å². The van der Waals surface area contributed by atoms with Gasteiger partial charge in [0.15, 0.2) is 0 Å². The van der Waals surface area contributed by atoms with Gasteiger partial charge in [0.25, 0.3) is 0 Å². The molecule has 3 aromatic heterocycles. The fourth-order valence-corrected chi connectivity index (χ4v) is 5.12. The smallest absolute Gasteiger partial charge is 0.127 e. The lowest BCUT2D eigenvalue weighted by Gasteiger charge is -2.13. The van der Waals surface area contributed by atoms with Crippen LogP contribution in [0, 0.1) is 18.3 Å². The molecule has 6 nitrogen and oxygen atoms in total. The molecule has 0 saturated carbocycles. The van der Waals surface area contributed by atoms with Crippen LogP contribution in [0.1, 0.15) is 43.9 Å². The number of aryl methyl sites for hydroxylation is 2. The van der Waals surface area contributed by atoms with Crippen molar-refractivity contribution in [2.75, 3.05) is 10.8 Å². The lowest BCUT2D eigenvalue weighted by atomic mass is 10.0. The third kappa shape index (κ3) is 5.02. The molecular weight excluding hydrogens is 412 g/mol. The summed E-state index contributed by atoms with van der Waals surface area (Å²) in [6.45, 7) is 6.18. The molecule has 0 saturated heterocycles. The number of unbranched alkanes of at least 4 members (excludes halogenated alkanes) is 1. The SMILES string of the molecule is CCCCSCSc1nc(-c2cnc(CC)nc2)cc(-c2cnc(C)n2C)c1C#N. The standard InChI is InChI=1S/C22H26N6S2/c1-5-7-8-29-14-30-22-18(10-23)17(20-13-24-15(3)28(20)4)9-19(27-22)16-11-25-21(6-2)26-12-16/h9,11-13H,5-8,14H2,1-4H3. The quantitative estimate of drug-likeness (QED) is 0.256. The number of pyridine rings is 1. The number of thioether (sulfide) groups is 2. The summed E-state index contributed by atoms with van der Waals surface area (Å²) < 4.78 is 2.00. The minimum absolute atomic E-state index is 0.592. The molecule has 0 fully saturated rings. The molecule has 0 atom stereocenters. The van der Waals surface area contributed by atoms with Crippen LogP contribution in [0.5, 0.6) is 0 Å². The molecule has 0 radical (unpaired) electrons. The number of hydrogen-bond donors (Lipinski definition) is 0. The van der Waals surface area contributed by atoms with Crippen molar-refractivity contribution in [2.24, 2.45) is 7.05 Å². The second-order valence-electron chi connectivity index (χ2n) is 6.86. The second-order valence-corrected chi connectivity index (χ2v) is 9.30. The number of nitriles is 1. The van der Waals surface area contributed by atoms with Gasteiger partial charge in [-0.15, -0.1) is 0 Å². The fourth-order valence-electron chi connectivity index (χ4n) is 2.91. The average molecular weight is 439 g/mol. The largest absolute Gasteiger partial charge is 0.331 e. The number of imidazole rings is 1. The Kier molecular flexibility index (Phi) is 7.88. The van der Waals surface area contributed by atoms with E-state index < -0.39 is 0 Å². The highest BCUT2D eigenvalue weighted by molar-refractivity contribution is 8.15. The van der Waals surface area contributed by atoms with Crippen LogP contribution in [0.3, 0.4) is 0 Å². The van der Waals surface area contributed by atoms with E-state index in [0.29, 0.717) is 5.56 Å². The van der Waals surface area contributed by atoms with E-state index in [1.54, 1.807) is 11.8 Å². The fraction of sp³-hybridized carbons (Fsp3) is 0.409. The van der Waals surface area contributed by atoms with Crippen molar-refractivity contribution >= 4 is 23.5 Å². The zero-order chi connectivity index (χ0) is 21.5. The summed E-state index contributed by atoms with van der Waals surface area (Å²) in [6, 6.07) is 4.34. The molecule has 0 aromatic carbocycles. The van der Waals surface area contributed by atoms with Gasteiger partial charge in [-0.05, 0) is 25.2 Å². The first-order valence-corrected chi connectivity index (χ1v) is 12.2. The van der Waals surface area contributed by atoms with Gasteiger partial charge in [0.05, 0.1) is 23.1 Å². The highest BCUT2D eigenvalue weighted by Crippen LogP contribution is 2.35. The molecule has 156 valence electrons. The van der Waals surface area contributed by atoms with E-state index in [1.165, 1.54) is 12.8 Å². The van der Waals surface area contributed by atoms with E-state index in [0.717, 1.165) is 56.4 Å². The first-order chi connectivity index (χ1) is 14.6. The minimum Gasteiger partial charge on any atom is -0.331 e. The number of rotatable bonds is 9. The third-order valence-corrected chi connectivity index (χ3v) is 7.12. The molecular formula is C22H26N6S2. The molecule has 3 aromatic rings. The maximum atomic E-state index is 9.96. The molecule has 3 rings (SSSR count). The molecule has 0 aliphatic carbocycles. The topological polar surface area (TPSA) is 80.3 Å². The summed E-state index contributed by atoms with van der Waals surface area (Å²) in [7, 11) is 1.96. The second kappa shape index (κ2) is 10.6. The summed E-state index contributed by atoms with van der Waals surface area (Å²) in [5.74, 6) is 2.81. The zero-order valence-electron chi connectivity index (χ0n) is 17.8. The summed E-state index contributed by atoms with van der Waals surface area (Å²) >= 11 is 3.50. The van der Waals surface area contributed by atoms with Gasteiger partial charge < -0.3 is 4.57 Å². The van der Waals surface area contributed by atoms with Gasteiger partial charge in [-0.3, -0.25) is 0 Å². The number of aromatic nitrogens is 5. The van der Waals surface area contributed by atoms with Gasteiger partial charge in [-0.2, -0.15) is 17.0 Å². The Morgan fingerprint density at radius 3 is 2.50 bits per heavy atom. The van der Waals surface area contributed by atoms with Crippen LogP contribution < -0.4 is 0 Å². The van der Waals surface area contributed by atoms with Crippen molar-refractivity contribution in [2.45, 2.75) is 45.1 Å². The van der Waals surface area contributed by atoms with Crippen molar-refractivity contribution < 1.29 is 0 Å². The summed E-state index contributed by atoms with van der Waals surface area (Å²) in [5.41, 5.74) is 3.95. The first-order valence-electron chi connectivity index (χ1n) is 10.0. The van der Waals surface area contributed by atoms with Crippen LogP contribution in [0.25, 0.3) is 22.5 Å². The Balaban J connectivity index is 2.06. The molecule has 0 aliphatic rings. The summed E-state index contributed by atoms with van der Waals surface area (Å²) in [5, 5.41) is 11.6. The highest BCUT2D eigenvalue weighted by Gasteiger charge is 2.19. The maximum absolute atomic E-state index is 9.96. The van der Waals surface area contributed by atoms with Crippen molar-refractivity contribution in [3.05, 3.63) is 41.9 Å². The van der Waals surface area contributed by atoms with Crippen LogP contribution >= 0.6 is 23.5 Å². The number of hydrogen-bond acceptors (Lipinski definition) is 7. The van der Waals surface area contributed by atoms with Crippen molar-refractivity contribution in [1.82, 2.24) is 24.5 Å². The van der Waals surface area contributed by atoms with Crippen LogP contribution in [0.2, 0.25) is 0 Å². The molecule has 0 bridgehead atoms. The Morgan fingerprint density at radius 2 is 1.90 bits per heavy atom. The Morgan fingerprint density at radius 1 is 1.13 bits per heavy atom. The van der Waals surface area contributed by atoms with E-state index in [2.05, 4.69) is 27.9 Å². The molecule has 0 amide bonds. The lowest BCUT2D eigenvalue weighted by Crippen LogP contribution is -2.01. The molecule has 8 heteroatoms. The van der Waals surface area contributed by atoms with Gasteiger partial charge >= 0.3 is 0 Å². The Bertz CT molecular complexity index is 1040. The summed E-state index contributed by atoms with van der Waals surface area (Å²) in [6.07, 6.45) is 8.61. The lowest BCUT2D eigenvalue weighted by molar-refractivity contribution is 0.863. The normalized spacial score (nSPS) is 10.9. The Labute approximate surface area is 186 Å². The molecule has 3 heterocycles. The van der Waals surface area contributed by atoms with Gasteiger partial charge in [0.1, 0.15) is 22.7 Å².